The van der Waals surface area contributed by atoms with Gasteiger partial charge in [-0.25, -0.2) is 16.1 Å². The van der Waals surface area contributed by atoms with Crippen molar-refractivity contribution in [2.75, 3.05) is 21.3 Å². The zero-order chi connectivity index (χ0) is 8.85. The van der Waals surface area contributed by atoms with Crippen molar-refractivity contribution in [2.45, 2.75) is 0 Å². The second-order valence-electron chi connectivity index (χ2n) is 1.49. The molecule has 7 heteroatoms. The van der Waals surface area contributed by atoms with Crippen LogP contribution >= 0.6 is 0 Å². The quantitative estimate of drug-likeness (QED) is 0.312. The van der Waals surface area contributed by atoms with Gasteiger partial charge in [0.25, 0.3) is 0 Å². The number of hydroxylamine groups is 2. The van der Waals surface area contributed by atoms with E-state index in [-0.39, 0.29) is 0 Å². The molecule has 0 aromatic rings. The Bertz CT molecular complexity index is 127. The van der Waals surface area contributed by atoms with Crippen LogP contribution in [0.2, 0.25) is 0 Å². The minimum atomic E-state index is -0.655. The van der Waals surface area contributed by atoms with E-state index in [1.54, 1.807) is 0 Å². The molecule has 0 aromatic carbocycles. The predicted molar refractivity (Wildman–Crippen MR) is 36.3 cm³/mol. The normalized spacial score (nSPS) is 9.45. The SMILES string of the molecule is CNN(OC)C(=O)N(N)OC. The molecule has 0 atom stereocenters. The smallest absolute Gasteiger partial charge is 0.257 e. The molecular weight excluding hydrogens is 152 g/mol. The van der Waals surface area contributed by atoms with E-state index < -0.39 is 6.03 Å². The Kier molecular flexibility index (Phi) is 4.46. The number of urea groups is 1. The molecule has 0 heterocycles. The van der Waals surface area contributed by atoms with Crippen molar-refractivity contribution in [1.82, 2.24) is 15.8 Å². The number of hydrazine groups is 2. The van der Waals surface area contributed by atoms with E-state index in [0.29, 0.717) is 5.17 Å². The largest absolute Gasteiger partial charge is 0.398 e. The Labute approximate surface area is 64.5 Å². The number of nitrogens with two attached hydrogens (primary N) is 1. The average molecular weight is 164 g/mol. The summed E-state index contributed by atoms with van der Waals surface area (Å²) in [5.41, 5.74) is 2.43. The summed E-state index contributed by atoms with van der Waals surface area (Å²) in [5.74, 6) is 5.07. The van der Waals surface area contributed by atoms with Crippen LogP contribution in [-0.2, 0) is 9.68 Å². The topological polar surface area (TPSA) is 80.1 Å². The lowest BCUT2D eigenvalue weighted by molar-refractivity contribution is -0.174. The first-order valence-corrected chi connectivity index (χ1v) is 2.81. The van der Waals surface area contributed by atoms with Crippen LogP contribution in [-0.4, -0.2) is 37.6 Å². The van der Waals surface area contributed by atoms with Gasteiger partial charge in [-0.15, -0.1) is 10.3 Å². The van der Waals surface area contributed by atoms with Crippen molar-refractivity contribution >= 4 is 6.03 Å². The van der Waals surface area contributed by atoms with E-state index >= 15 is 0 Å². The van der Waals surface area contributed by atoms with Gasteiger partial charge in [-0.3, -0.25) is 9.68 Å². The molecule has 7 nitrogen and oxygen atoms in total. The highest BCUT2D eigenvalue weighted by Crippen LogP contribution is 1.89. The lowest BCUT2D eigenvalue weighted by Crippen LogP contribution is -2.50. The van der Waals surface area contributed by atoms with E-state index in [2.05, 4.69) is 15.1 Å². The fraction of sp³-hybridized carbons (Fsp3) is 0.750. The highest BCUT2D eigenvalue weighted by Gasteiger charge is 2.16. The number of carbonyl (C=O) groups excluding carboxylic acids is 1. The molecule has 0 aliphatic rings. The van der Waals surface area contributed by atoms with Crippen molar-refractivity contribution in [3.63, 3.8) is 0 Å². The van der Waals surface area contributed by atoms with Crippen LogP contribution in [0.4, 0.5) is 4.79 Å². The molecule has 0 bridgehead atoms. The molecule has 0 fully saturated rings. The Morgan fingerprint density at radius 3 is 2.27 bits per heavy atom. The third kappa shape index (κ3) is 2.68. The van der Waals surface area contributed by atoms with E-state index in [4.69, 9.17) is 5.84 Å². The highest BCUT2D eigenvalue weighted by atomic mass is 16.8. The number of hydrogen-bond donors (Lipinski definition) is 2. The predicted octanol–water partition coefficient (Wildman–Crippen LogP) is -1.16. The van der Waals surface area contributed by atoms with E-state index in [0.717, 1.165) is 5.17 Å². The van der Waals surface area contributed by atoms with Crippen LogP contribution in [0.1, 0.15) is 0 Å². The molecule has 3 N–H and O–H groups in total. The molecule has 2 amide bonds. The fourth-order valence-electron chi connectivity index (χ4n) is 0.433. The first kappa shape index (κ1) is 10.1. The molecule has 0 saturated carbocycles. The Morgan fingerprint density at radius 2 is 2.00 bits per heavy atom. The third-order valence-electron chi connectivity index (χ3n) is 0.945. The van der Waals surface area contributed by atoms with Crippen LogP contribution < -0.4 is 11.3 Å². The summed E-state index contributed by atoms with van der Waals surface area (Å²) < 4.78 is 0. The van der Waals surface area contributed by atoms with Crippen LogP contribution in [0.3, 0.4) is 0 Å². The highest BCUT2D eigenvalue weighted by molar-refractivity contribution is 5.70. The van der Waals surface area contributed by atoms with Crippen LogP contribution in [0, 0.1) is 0 Å². The van der Waals surface area contributed by atoms with Crippen LogP contribution in [0.15, 0.2) is 0 Å². The van der Waals surface area contributed by atoms with Gasteiger partial charge < -0.3 is 0 Å². The molecule has 0 aliphatic carbocycles. The summed E-state index contributed by atoms with van der Waals surface area (Å²) in [6.45, 7) is 0. The van der Waals surface area contributed by atoms with Gasteiger partial charge >= 0.3 is 6.03 Å². The van der Waals surface area contributed by atoms with Crippen LogP contribution in [0.25, 0.3) is 0 Å². The molecule has 0 spiro atoms. The van der Waals surface area contributed by atoms with Gasteiger partial charge in [0.2, 0.25) is 0 Å². The minimum absolute atomic E-state index is 0.528. The second kappa shape index (κ2) is 4.85. The summed E-state index contributed by atoms with van der Waals surface area (Å²) in [6.07, 6.45) is 0. The molecule has 0 aliphatic heterocycles. The first-order chi connectivity index (χ1) is 5.17. The average Bonchev–Trinajstić information content (AvgIpc) is 2.05. The number of carbonyl (C=O) groups is 1. The number of rotatable bonds is 3. The number of amides is 2. The number of nitrogens with one attached hydrogen (secondary N) is 1. The van der Waals surface area contributed by atoms with Crippen molar-refractivity contribution in [3.05, 3.63) is 0 Å². The zero-order valence-corrected chi connectivity index (χ0v) is 6.70. The maximum Gasteiger partial charge on any atom is 0.398 e. The zero-order valence-electron chi connectivity index (χ0n) is 6.70. The Balaban J connectivity index is 3.97. The molecule has 11 heavy (non-hydrogen) atoms. The number of hydrogen-bond acceptors (Lipinski definition) is 5. The second-order valence-corrected chi connectivity index (χ2v) is 1.49. The summed E-state index contributed by atoms with van der Waals surface area (Å²) in [7, 11) is 4.09. The van der Waals surface area contributed by atoms with Gasteiger partial charge in [0.15, 0.2) is 0 Å². The standard InChI is InChI=1S/C4H12N4O3/c1-6-8(11-3)4(9)7(5)10-2/h6H,5H2,1-3H3. The van der Waals surface area contributed by atoms with Gasteiger partial charge in [0, 0.05) is 7.05 Å². The fourth-order valence-corrected chi connectivity index (χ4v) is 0.433. The van der Waals surface area contributed by atoms with Crippen molar-refractivity contribution in [1.29, 1.82) is 0 Å². The molecule has 0 radical (unpaired) electrons. The summed E-state index contributed by atoms with van der Waals surface area (Å²) in [5, 5.41) is 1.34. The van der Waals surface area contributed by atoms with E-state index in [1.807, 2.05) is 0 Å². The lowest BCUT2D eigenvalue weighted by Gasteiger charge is -2.21. The first-order valence-electron chi connectivity index (χ1n) is 2.81. The molecule has 0 rings (SSSR count). The van der Waals surface area contributed by atoms with E-state index in [9.17, 15) is 4.79 Å². The van der Waals surface area contributed by atoms with Gasteiger partial charge in [-0.1, -0.05) is 0 Å². The lowest BCUT2D eigenvalue weighted by atomic mass is 11.0. The third-order valence-corrected chi connectivity index (χ3v) is 0.945. The van der Waals surface area contributed by atoms with Crippen molar-refractivity contribution in [3.8, 4) is 0 Å². The van der Waals surface area contributed by atoms with Gasteiger partial charge in [-0.2, -0.15) is 0 Å². The monoisotopic (exact) mass is 164 g/mol. The number of nitrogens with zero attached hydrogens (tertiary/aromatic N) is 2. The van der Waals surface area contributed by atoms with Crippen molar-refractivity contribution in [2.24, 2.45) is 5.84 Å². The molecule has 0 aromatic heterocycles. The Morgan fingerprint density at radius 1 is 1.45 bits per heavy atom. The Hall–Kier alpha value is -0.890. The van der Waals surface area contributed by atoms with Crippen molar-refractivity contribution < 1.29 is 14.5 Å². The molecule has 0 unspecified atom stereocenters. The summed E-state index contributed by atoms with van der Waals surface area (Å²) in [4.78, 5) is 19.9. The maximum absolute atomic E-state index is 11.0. The molecular formula is C4H12N4O3. The molecule has 0 saturated heterocycles. The maximum atomic E-state index is 11.0. The van der Waals surface area contributed by atoms with E-state index in [1.165, 1.54) is 21.3 Å². The minimum Gasteiger partial charge on any atom is -0.257 e. The van der Waals surface area contributed by atoms with Gasteiger partial charge in [0.1, 0.15) is 0 Å². The van der Waals surface area contributed by atoms with Crippen LogP contribution in [0.5, 0.6) is 0 Å². The summed E-state index contributed by atoms with van der Waals surface area (Å²) in [6, 6.07) is -0.655. The molecule has 66 valence electrons. The van der Waals surface area contributed by atoms with Gasteiger partial charge in [-0.05, 0) is 0 Å². The summed E-state index contributed by atoms with van der Waals surface area (Å²) >= 11 is 0. The van der Waals surface area contributed by atoms with Gasteiger partial charge in [0.05, 0.1) is 14.2 Å².